The van der Waals surface area contributed by atoms with Gasteiger partial charge in [-0.1, -0.05) is 26.0 Å². The highest BCUT2D eigenvalue weighted by Gasteiger charge is 2.11. The van der Waals surface area contributed by atoms with Crippen molar-refractivity contribution in [1.82, 2.24) is 14.9 Å². The zero-order chi connectivity index (χ0) is 15.4. The van der Waals surface area contributed by atoms with Gasteiger partial charge in [-0.25, -0.2) is 9.37 Å². The molecule has 0 aliphatic heterocycles. The van der Waals surface area contributed by atoms with E-state index in [0.29, 0.717) is 5.92 Å². The zero-order valence-corrected chi connectivity index (χ0v) is 13.1. The molecule has 0 spiro atoms. The third-order valence-electron chi connectivity index (χ3n) is 3.30. The summed E-state index contributed by atoms with van der Waals surface area (Å²) >= 11 is 0. The quantitative estimate of drug-likeness (QED) is 0.624. The minimum absolute atomic E-state index is 0.244. The average Bonchev–Trinajstić information content (AvgIpc) is 2.71. The second-order valence-corrected chi connectivity index (χ2v) is 6.05. The van der Waals surface area contributed by atoms with Crippen LogP contribution in [0.4, 0.5) is 4.39 Å². The van der Waals surface area contributed by atoms with Crippen LogP contribution in [0, 0.1) is 11.7 Å². The molecule has 0 radical (unpaired) electrons. The smallest absolute Gasteiger partial charge is 0.125 e. The summed E-state index contributed by atoms with van der Waals surface area (Å²) in [7, 11) is 0. The number of allylic oxidation sites excluding steroid dienone is 1. The van der Waals surface area contributed by atoms with Crippen molar-refractivity contribution >= 4 is 11.0 Å². The monoisotopic (exact) mass is 289 g/mol. The molecule has 0 saturated carbocycles. The molecule has 1 aromatic carbocycles. The molecule has 1 heterocycles. The molecule has 0 fully saturated rings. The molecule has 1 aromatic heterocycles. The van der Waals surface area contributed by atoms with Crippen LogP contribution in [0.15, 0.2) is 30.4 Å². The normalized spacial score (nSPS) is 11.5. The van der Waals surface area contributed by atoms with Crippen LogP contribution in [0.5, 0.6) is 0 Å². The van der Waals surface area contributed by atoms with Gasteiger partial charge in [0.15, 0.2) is 0 Å². The van der Waals surface area contributed by atoms with Gasteiger partial charge in [-0.3, -0.25) is 0 Å². The van der Waals surface area contributed by atoms with E-state index in [2.05, 4.69) is 35.3 Å². The summed E-state index contributed by atoms with van der Waals surface area (Å²) in [6.45, 7) is 12.9. The molecule has 21 heavy (non-hydrogen) atoms. The van der Waals surface area contributed by atoms with E-state index in [1.54, 1.807) is 6.07 Å². The van der Waals surface area contributed by atoms with Gasteiger partial charge in [0.05, 0.1) is 11.0 Å². The van der Waals surface area contributed by atoms with E-state index in [1.807, 2.05) is 6.92 Å². The van der Waals surface area contributed by atoms with Crippen LogP contribution in [0.3, 0.4) is 0 Å². The lowest BCUT2D eigenvalue weighted by Gasteiger charge is -2.10. The largest absolute Gasteiger partial charge is 0.324 e. The Balaban J connectivity index is 2.21. The molecule has 3 nitrogen and oxygen atoms in total. The number of rotatable bonds is 7. The number of fused-ring (bicyclic) bond motifs is 1. The van der Waals surface area contributed by atoms with Gasteiger partial charge in [0.2, 0.25) is 0 Å². The molecular formula is C17H24FN3. The lowest BCUT2D eigenvalue weighted by molar-refractivity contribution is 0.546. The van der Waals surface area contributed by atoms with Crippen LogP contribution in [0.2, 0.25) is 0 Å². The highest BCUT2D eigenvalue weighted by atomic mass is 19.1. The van der Waals surface area contributed by atoms with Gasteiger partial charge in [-0.05, 0) is 31.5 Å². The zero-order valence-electron chi connectivity index (χ0n) is 13.1. The summed E-state index contributed by atoms with van der Waals surface area (Å²) in [4.78, 5) is 4.59. The first kappa shape index (κ1) is 15.7. The number of hydrogen-bond acceptors (Lipinski definition) is 2. The Kier molecular flexibility index (Phi) is 5.12. The average molecular weight is 289 g/mol. The highest BCUT2D eigenvalue weighted by Crippen LogP contribution is 2.19. The number of aromatic nitrogens is 2. The Labute approximate surface area is 125 Å². The van der Waals surface area contributed by atoms with Gasteiger partial charge in [0, 0.05) is 25.6 Å². The van der Waals surface area contributed by atoms with E-state index in [0.717, 1.165) is 48.5 Å². The van der Waals surface area contributed by atoms with Crippen molar-refractivity contribution in [2.75, 3.05) is 13.1 Å². The van der Waals surface area contributed by atoms with Gasteiger partial charge < -0.3 is 9.88 Å². The molecule has 0 atom stereocenters. The fourth-order valence-corrected chi connectivity index (χ4v) is 2.38. The number of nitrogens with zero attached hydrogens (tertiary/aromatic N) is 2. The SMILES string of the molecule is C=C(C)Cn1c(CCNCC(C)C)nc2cc(F)ccc21. The molecular weight excluding hydrogens is 265 g/mol. The van der Waals surface area contributed by atoms with Crippen LogP contribution in [-0.4, -0.2) is 22.6 Å². The number of nitrogens with one attached hydrogen (secondary N) is 1. The molecule has 2 rings (SSSR count). The third kappa shape index (κ3) is 4.14. The molecule has 0 bridgehead atoms. The van der Waals surface area contributed by atoms with Crippen LogP contribution < -0.4 is 5.32 Å². The summed E-state index contributed by atoms with van der Waals surface area (Å²) in [6.07, 6.45) is 0.830. The molecule has 1 N–H and O–H groups in total. The number of benzene rings is 1. The summed E-state index contributed by atoms with van der Waals surface area (Å²) in [5.41, 5.74) is 2.75. The van der Waals surface area contributed by atoms with Gasteiger partial charge in [0.25, 0.3) is 0 Å². The van der Waals surface area contributed by atoms with Crippen molar-refractivity contribution in [1.29, 1.82) is 0 Å². The lowest BCUT2D eigenvalue weighted by Crippen LogP contribution is -2.23. The van der Waals surface area contributed by atoms with E-state index in [-0.39, 0.29) is 5.82 Å². The highest BCUT2D eigenvalue weighted by molar-refractivity contribution is 5.76. The van der Waals surface area contributed by atoms with Gasteiger partial charge in [0.1, 0.15) is 11.6 Å². The molecule has 0 aliphatic carbocycles. The topological polar surface area (TPSA) is 29.9 Å². The van der Waals surface area contributed by atoms with Crippen molar-refractivity contribution in [3.05, 3.63) is 42.0 Å². The van der Waals surface area contributed by atoms with Crippen molar-refractivity contribution in [3.8, 4) is 0 Å². The second-order valence-electron chi connectivity index (χ2n) is 6.05. The maximum absolute atomic E-state index is 13.4. The molecule has 0 aliphatic rings. The summed E-state index contributed by atoms with van der Waals surface area (Å²) in [6, 6.07) is 4.78. The standard InChI is InChI=1S/C17H24FN3/c1-12(2)10-19-8-7-17-20-15-9-14(18)5-6-16(15)21(17)11-13(3)4/h5-6,9,12,19H,3,7-8,10-11H2,1-2,4H3. The fraction of sp³-hybridized carbons (Fsp3) is 0.471. The number of hydrogen-bond donors (Lipinski definition) is 1. The van der Waals surface area contributed by atoms with E-state index >= 15 is 0 Å². The fourth-order valence-electron chi connectivity index (χ4n) is 2.38. The van der Waals surface area contributed by atoms with Gasteiger partial charge in [-0.15, -0.1) is 0 Å². The van der Waals surface area contributed by atoms with Crippen LogP contribution in [0.25, 0.3) is 11.0 Å². The number of imidazole rings is 1. The molecule has 4 heteroatoms. The summed E-state index contributed by atoms with van der Waals surface area (Å²) in [5.74, 6) is 1.37. The second kappa shape index (κ2) is 6.85. The Morgan fingerprint density at radius 1 is 1.43 bits per heavy atom. The van der Waals surface area contributed by atoms with Crippen LogP contribution in [-0.2, 0) is 13.0 Å². The maximum Gasteiger partial charge on any atom is 0.125 e. The first-order valence-electron chi connectivity index (χ1n) is 7.47. The number of halogens is 1. The molecule has 2 aromatic rings. The van der Waals surface area contributed by atoms with Gasteiger partial charge >= 0.3 is 0 Å². The van der Waals surface area contributed by atoms with Crippen LogP contribution in [0.1, 0.15) is 26.6 Å². The Morgan fingerprint density at radius 2 is 2.19 bits per heavy atom. The minimum Gasteiger partial charge on any atom is -0.324 e. The maximum atomic E-state index is 13.4. The summed E-state index contributed by atoms with van der Waals surface area (Å²) in [5, 5.41) is 3.42. The molecule has 0 saturated heterocycles. The first-order valence-corrected chi connectivity index (χ1v) is 7.47. The van der Waals surface area contributed by atoms with Gasteiger partial charge in [-0.2, -0.15) is 0 Å². The van der Waals surface area contributed by atoms with Crippen molar-refractivity contribution in [3.63, 3.8) is 0 Å². The van der Waals surface area contributed by atoms with E-state index in [9.17, 15) is 4.39 Å². The van der Waals surface area contributed by atoms with Crippen molar-refractivity contribution in [2.24, 2.45) is 5.92 Å². The van der Waals surface area contributed by atoms with E-state index < -0.39 is 0 Å². The Morgan fingerprint density at radius 3 is 2.86 bits per heavy atom. The van der Waals surface area contributed by atoms with E-state index in [1.165, 1.54) is 12.1 Å². The molecule has 114 valence electrons. The predicted molar refractivity (Wildman–Crippen MR) is 85.9 cm³/mol. The third-order valence-corrected chi connectivity index (χ3v) is 3.30. The Bertz CT molecular complexity index is 628. The predicted octanol–water partition coefficient (Wildman–Crippen LogP) is 3.54. The van der Waals surface area contributed by atoms with Crippen LogP contribution >= 0.6 is 0 Å². The Hall–Kier alpha value is -1.68. The van der Waals surface area contributed by atoms with Crippen molar-refractivity contribution in [2.45, 2.75) is 33.7 Å². The van der Waals surface area contributed by atoms with E-state index in [4.69, 9.17) is 0 Å². The molecule has 0 amide bonds. The molecule has 0 unspecified atom stereocenters. The first-order chi connectivity index (χ1) is 9.97. The minimum atomic E-state index is -0.244. The summed E-state index contributed by atoms with van der Waals surface area (Å²) < 4.78 is 15.5. The lowest BCUT2D eigenvalue weighted by atomic mass is 10.2. The van der Waals surface area contributed by atoms with Crippen molar-refractivity contribution < 1.29 is 4.39 Å².